The standard InChI is InChI=1S/C15H31N3O6S/c1-12(19)14(16)15(21)18-4-6-23-8-10-24-9-7-22-5-3-17-13(20)2-11-25/h12,14,19,25H,2-11,16H2,1H3,(H,17,20)(H,18,21)/t12-,14+/m1/s1. The van der Waals surface area contributed by atoms with Crippen LogP contribution in [-0.4, -0.2) is 87.6 Å². The highest BCUT2D eigenvalue weighted by Crippen LogP contribution is 1.88. The van der Waals surface area contributed by atoms with E-state index < -0.39 is 18.1 Å². The molecule has 0 rings (SSSR count). The Morgan fingerprint density at radius 1 is 1.00 bits per heavy atom. The van der Waals surface area contributed by atoms with Crippen molar-refractivity contribution in [3.8, 4) is 0 Å². The molecule has 2 amide bonds. The fourth-order valence-electron chi connectivity index (χ4n) is 1.58. The third kappa shape index (κ3) is 15.1. The summed E-state index contributed by atoms with van der Waals surface area (Å²) in [5, 5.41) is 14.4. The lowest BCUT2D eigenvalue weighted by molar-refractivity contribution is -0.124. The second kappa shape index (κ2) is 16.6. The van der Waals surface area contributed by atoms with Crippen LogP contribution >= 0.6 is 12.6 Å². The van der Waals surface area contributed by atoms with Gasteiger partial charge in [0.25, 0.3) is 0 Å². The molecule has 25 heavy (non-hydrogen) atoms. The van der Waals surface area contributed by atoms with Crippen LogP contribution in [0.25, 0.3) is 0 Å². The molecule has 0 aliphatic carbocycles. The minimum Gasteiger partial charge on any atom is -0.391 e. The largest absolute Gasteiger partial charge is 0.391 e. The predicted octanol–water partition coefficient (Wildman–Crippen LogP) is -1.70. The van der Waals surface area contributed by atoms with Crippen LogP contribution in [0.5, 0.6) is 0 Å². The van der Waals surface area contributed by atoms with E-state index in [-0.39, 0.29) is 5.91 Å². The van der Waals surface area contributed by atoms with Crippen molar-refractivity contribution in [2.45, 2.75) is 25.5 Å². The normalized spacial score (nSPS) is 13.3. The van der Waals surface area contributed by atoms with Gasteiger partial charge in [-0.15, -0.1) is 0 Å². The average molecular weight is 381 g/mol. The summed E-state index contributed by atoms with van der Waals surface area (Å²) in [5.41, 5.74) is 5.47. The topological polar surface area (TPSA) is 132 Å². The second-order valence-electron chi connectivity index (χ2n) is 5.22. The van der Waals surface area contributed by atoms with E-state index in [1.807, 2.05) is 0 Å². The Hall–Kier alpha value is -0.910. The maximum absolute atomic E-state index is 11.4. The van der Waals surface area contributed by atoms with Gasteiger partial charge in [0.2, 0.25) is 11.8 Å². The first-order valence-electron chi connectivity index (χ1n) is 8.31. The van der Waals surface area contributed by atoms with Gasteiger partial charge in [0.05, 0.1) is 45.7 Å². The molecule has 0 fully saturated rings. The molecule has 2 atom stereocenters. The van der Waals surface area contributed by atoms with Gasteiger partial charge in [-0.3, -0.25) is 9.59 Å². The molecule has 10 heteroatoms. The number of hydrogen-bond acceptors (Lipinski definition) is 8. The smallest absolute Gasteiger partial charge is 0.239 e. The lowest BCUT2D eigenvalue weighted by Gasteiger charge is -2.14. The van der Waals surface area contributed by atoms with Crippen molar-refractivity contribution < 1.29 is 28.9 Å². The van der Waals surface area contributed by atoms with E-state index in [2.05, 4.69) is 23.3 Å². The molecule has 0 radical (unpaired) electrons. The molecule has 5 N–H and O–H groups in total. The van der Waals surface area contributed by atoms with Crippen LogP contribution < -0.4 is 16.4 Å². The van der Waals surface area contributed by atoms with E-state index in [4.69, 9.17) is 25.1 Å². The van der Waals surface area contributed by atoms with Gasteiger partial charge in [-0.25, -0.2) is 0 Å². The van der Waals surface area contributed by atoms with Crippen LogP contribution in [0.2, 0.25) is 0 Å². The van der Waals surface area contributed by atoms with Crippen molar-refractivity contribution in [3.05, 3.63) is 0 Å². The van der Waals surface area contributed by atoms with Crippen molar-refractivity contribution in [1.82, 2.24) is 10.6 Å². The zero-order valence-electron chi connectivity index (χ0n) is 14.7. The lowest BCUT2D eigenvalue weighted by Crippen LogP contribution is -2.47. The summed E-state index contributed by atoms with van der Waals surface area (Å²) >= 11 is 3.97. The highest BCUT2D eigenvalue weighted by atomic mass is 32.1. The fraction of sp³-hybridized carbons (Fsp3) is 0.867. The average Bonchev–Trinajstić information content (AvgIpc) is 2.58. The zero-order chi connectivity index (χ0) is 18.9. The summed E-state index contributed by atoms with van der Waals surface area (Å²) in [5.74, 6) is 0.0922. The summed E-state index contributed by atoms with van der Waals surface area (Å²) < 4.78 is 15.9. The first kappa shape index (κ1) is 24.1. The van der Waals surface area contributed by atoms with E-state index in [0.29, 0.717) is 64.9 Å². The number of carbonyl (C=O) groups excluding carboxylic acids is 2. The van der Waals surface area contributed by atoms with Crippen molar-refractivity contribution in [2.75, 3.05) is 58.5 Å². The van der Waals surface area contributed by atoms with E-state index in [1.165, 1.54) is 6.92 Å². The first-order chi connectivity index (χ1) is 12.0. The number of thiol groups is 1. The summed E-state index contributed by atoms with van der Waals surface area (Å²) in [7, 11) is 0. The van der Waals surface area contributed by atoms with Gasteiger partial charge >= 0.3 is 0 Å². The molecule has 0 bridgehead atoms. The molecule has 0 heterocycles. The van der Waals surface area contributed by atoms with E-state index >= 15 is 0 Å². The number of nitrogens with one attached hydrogen (secondary N) is 2. The van der Waals surface area contributed by atoms with Crippen molar-refractivity contribution in [2.24, 2.45) is 5.73 Å². The molecule has 0 aliphatic heterocycles. The number of aliphatic hydroxyl groups excluding tert-OH is 1. The highest BCUT2D eigenvalue weighted by molar-refractivity contribution is 7.80. The van der Waals surface area contributed by atoms with Crippen molar-refractivity contribution in [1.29, 1.82) is 0 Å². The molecular weight excluding hydrogens is 350 g/mol. The summed E-state index contributed by atoms with van der Waals surface area (Å²) in [6, 6.07) is -0.931. The molecule has 0 aliphatic rings. The van der Waals surface area contributed by atoms with Crippen LogP contribution in [0.3, 0.4) is 0 Å². The SMILES string of the molecule is C[C@@H](O)[C@H](N)C(=O)NCCOCCOCCOCCNC(=O)CCS. The second-order valence-corrected chi connectivity index (χ2v) is 5.67. The third-order valence-corrected chi connectivity index (χ3v) is 3.24. The predicted molar refractivity (Wildman–Crippen MR) is 96.6 cm³/mol. The Balaban J connectivity index is 3.24. The molecule has 0 saturated carbocycles. The molecule has 0 aromatic carbocycles. The monoisotopic (exact) mass is 381 g/mol. The number of aliphatic hydroxyl groups is 1. The Kier molecular flexibility index (Phi) is 16.0. The minimum atomic E-state index is -0.931. The zero-order valence-corrected chi connectivity index (χ0v) is 15.6. The Morgan fingerprint density at radius 3 is 1.96 bits per heavy atom. The fourth-order valence-corrected chi connectivity index (χ4v) is 1.78. The van der Waals surface area contributed by atoms with Gasteiger partial charge in [-0.1, -0.05) is 0 Å². The number of nitrogens with two attached hydrogens (primary N) is 1. The Bertz CT molecular complexity index is 360. The maximum Gasteiger partial charge on any atom is 0.239 e. The van der Waals surface area contributed by atoms with Gasteiger partial charge < -0.3 is 35.7 Å². The van der Waals surface area contributed by atoms with Gasteiger partial charge in [0.1, 0.15) is 6.04 Å². The van der Waals surface area contributed by atoms with Crippen LogP contribution in [0.15, 0.2) is 0 Å². The molecule has 0 unspecified atom stereocenters. The van der Waals surface area contributed by atoms with Gasteiger partial charge in [-0.05, 0) is 12.7 Å². The molecule has 0 saturated heterocycles. The number of ether oxygens (including phenoxy) is 3. The van der Waals surface area contributed by atoms with Crippen molar-refractivity contribution in [3.63, 3.8) is 0 Å². The maximum atomic E-state index is 11.4. The summed E-state index contributed by atoms with van der Waals surface area (Å²) in [6.07, 6.45) is -0.482. The van der Waals surface area contributed by atoms with E-state index in [9.17, 15) is 9.59 Å². The number of rotatable bonds is 16. The molecule has 0 aromatic heterocycles. The van der Waals surface area contributed by atoms with E-state index in [1.54, 1.807) is 0 Å². The lowest BCUT2D eigenvalue weighted by atomic mass is 10.2. The molecule has 9 nitrogen and oxygen atoms in total. The number of amides is 2. The molecule has 0 spiro atoms. The molecule has 148 valence electrons. The molecule has 0 aromatic rings. The van der Waals surface area contributed by atoms with Gasteiger partial charge in [0, 0.05) is 19.5 Å². The number of hydrogen-bond donors (Lipinski definition) is 5. The molecular formula is C15H31N3O6S. The van der Waals surface area contributed by atoms with Crippen LogP contribution in [-0.2, 0) is 23.8 Å². The van der Waals surface area contributed by atoms with Crippen LogP contribution in [0.4, 0.5) is 0 Å². The van der Waals surface area contributed by atoms with Crippen LogP contribution in [0.1, 0.15) is 13.3 Å². The summed E-state index contributed by atoms with van der Waals surface area (Å²) in [6.45, 7) is 4.73. The summed E-state index contributed by atoms with van der Waals surface area (Å²) in [4.78, 5) is 22.6. The number of carbonyl (C=O) groups is 2. The van der Waals surface area contributed by atoms with Crippen molar-refractivity contribution >= 4 is 24.4 Å². The first-order valence-corrected chi connectivity index (χ1v) is 8.94. The third-order valence-electron chi connectivity index (χ3n) is 3.02. The minimum absolute atomic E-state index is 0.0314. The Morgan fingerprint density at radius 2 is 1.48 bits per heavy atom. The van der Waals surface area contributed by atoms with Crippen LogP contribution in [0, 0.1) is 0 Å². The Labute approximate surface area is 154 Å². The quantitative estimate of drug-likeness (QED) is 0.159. The van der Waals surface area contributed by atoms with E-state index in [0.717, 1.165) is 0 Å². The van der Waals surface area contributed by atoms with Gasteiger partial charge in [-0.2, -0.15) is 12.6 Å². The highest BCUT2D eigenvalue weighted by Gasteiger charge is 2.17. The van der Waals surface area contributed by atoms with Gasteiger partial charge in [0.15, 0.2) is 0 Å².